The molecule has 19 heavy (non-hydrogen) atoms. The fourth-order valence-corrected chi connectivity index (χ4v) is 3.70. The second-order valence-electron chi connectivity index (χ2n) is 6.91. The third kappa shape index (κ3) is 3.13. The molecule has 0 saturated heterocycles. The van der Waals surface area contributed by atoms with Gasteiger partial charge in [0.25, 0.3) is 0 Å². The van der Waals surface area contributed by atoms with Gasteiger partial charge >= 0.3 is 0 Å². The van der Waals surface area contributed by atoms with E-state index in [9.17, 15) is 0 Å². The van der Waals surface area contributed by atoms with Crippen LogP contribution in [0.1, 0.15) is 57.1 Å². The molecule has 1 saturated carbocycles. The highest BCUT2D eigenvalue weighted by Gasteiger charge is 2.19. The molecule has 1 heterocycles. The summed E-state index contributed by atoms with van der Waals surface area (Å²) in [5.41, 5.74) is 4.48. The Kier molecular flexibility index (Phi) is 3.81. The van der Waals surface area contributed by atoms with Crippen LogP contribution in [0.2, 0.25) is 0 Å². The molecule has 0 amide bonds. The van der Waals surface area contributed by atoms with E-state index >= 15 is 0 Å². The highest BCUT2D eigenvalue weighted by Crippen LogP contribution is 2.32. The van der Waals surface area contributed by atoms with Crippen LogP contribution in [0.4, 0.5) is 5.69 Å². The van der Waals surface area contributed by atoms with Gasteiger partial charge in [0.15, 0.2) is 0 Å². The minimum absolute atomic E-state index is 0.637. The number of aryl methyl sites for hydroxylation is 1. The summed E-state index contributed by atoms with van der Waals surface area (Å²) in [5.74, 6) is 1.90. The Morgan fingerprint density at radius 3 is 2.63 bits per heavy atom. The summed E-state index contributed by atoms with van der Waals surface area (Å²) >= 11 is 0. The molecule has 0 bridgehead atoms. The second-order valence-corrected chi connectivity index (χ2v) is 6.91. The van der Waals surface area contributed by atoms with Crippen molar-refractivity contribution in [1.82, 2.24) is 0 Å². The molecule has 1 aromatic rings. The molecule has 0 radical (unpaired) electrons. The van der Waals surface area contributed by atoms with Crippen molar-refractivity contribution in [2.75, 3.05) is 5.32 Å². The van der Waals surface area contributed by atoms with Crippen LogP contribution in [0.3, 0.4) is 0 Å². The Balaban J connectivity index is 1.66. The smallest absolute Gasteiger partial charge is 0.0374 e. The molecule has 1 fully saturated rings. The van der Waals surface area contributed by atoms with Crippen molar-refractivity contribution in [3.8, 4) is 0 Å². The number of hydrogen-bond acceptors (Lipinski definition) is 1. The minimum atomic E-state index is 0.637. The van der Waals surface area contributed by atoms with Gasteiger partial charge in [-0.3, -0.25) is 0 Å². The Morgan fingerprint density at radius 2 is 1.84 bits per heavy atom. The first-order valence-electron chi connectivity index (χ1n) is 8.09. The van der Waals surface area contributed by atoms with Crippen LogP contribution in [0.25, 0.3) is 0 Å². The lowest BCUT2D eigenvalue weighted by molar-refractivity contribution is 0.289. The van der Waals surface area contributed by atoms with Crippen molar-refractivity contribution < 1.29 is 0 Å². The van der Waals surface area contributed by atoms with Crippen LogP contribution in [0.5, 0.6) is 0 Å². The van der Waals surface area contributed by atoms with Crippen molar-refractivity contribution in [2.24, 2.45) is 11.8 Å². The Hall–Kier alpha value is -0.980. The summed E-state index contributed by atoms with van der Waals surface area (Å²) < 4.78 is 0. The van der Waals surface area contributed by atoms with Gasteiger partial charge in [0.2, 0.25) is 0 Å². The third-order valence-corrected chi connectivity index (χ3v) is 5.08. The zero-order chi connectivity index (χ0) is 13.2. The number of nitrogens with one attached hydrogen (secondary N) is 1. The summed E-state index contributed by atoms with van der Waals surface area (Å²) in [6.45, 7) is 4.68. The van der Waals surface area contributed by atoms with Gasteiger partial charge in [0, 0.05) is 11.7 Å². The van der Waals surface area contributed by atoms with Crippen LogP contribution in [-0.4, -0.2) is 6.04 Å². The van der Waals surface area contributed by atoms with E-state index in [1.54, 1.807) is 11.1 Å². The van der Waals surface area contributed by atoms with Gasteiger partial charge < -0.3 is 5.32 Å². The topological polar surface area (TPSA) is 12.0 Å². The van der Waals surface area contributed by atoms with Gasteiger partial charge in [-0.25, -0.2) is 0 Å². The molecule has 1 aromatic carbocycles. The largest absolute Gasteiger partial charge is 0.382 e. The number of hydrogen-bond donors (Lipinski definition) is 1. The van der Waals surface area contributed by atoms with E-state index in [0.717, 1.165) is 11.8 Å². The molecular formula is C18H27N. The average Bonchev–Trinajstić information content (AvgIpc) is 2.42. The molecular weight excluding hydrogens is 230 g/mol. The first-order valence-corrected chi connectivity index (χ1v) is 8.09. The summed E-state index contributed by atoms with van der Waals surface area (Å²) in [6, 6.07) is 7.76. The number of benzene rings is 1. The SMILES string of the molecule is CC1CCC(Cc2ccc3c(c2)CCC(C)N3)CC1. The maximum absolute atomic E-state index is 3.60. The molecule has 3 rings (SSSR count). The molecule has 104 valence electrons. The quantitative estimate of drug-likeness (QED) is 0.802. The fourth-order valence-electron chi connectivity index (χ4n) is 3.70. The summed E-state index contributed by atoms with van der Waals surface area (Å²) in [5, 5.41) is 3.60. The van der Waals surface area contributed by atoms with Gasteiger partial charge in [-0.15, -0.1) is 0 Å². The van der Waals surface area contributed by atoms with Gasteiger partial charge in [0.05, 0.1) is 0 Å². The van der Waals surface area contributed by atoms with Gasteiger partial charge in [0.1, 0.15) is 0 Å². The van der Waals surface area contributed by atoms with E-state index in [-0.39, 0.29) is 0 Å². The van der Waals surface area contributed by atoms with Crippen LogP contribution in [0.15, 0.2) is 18.2 Å². The molecule has 1 N–H and O–H groups in total. The Morgan fingerprint density at radius 1 is 1.05 bits per heavy atom. The maximum atomic E-state index is 3.60. The van der Waals surface area contributed by atoms with Crippen LogP contribution in [-0.2, 0) is 12.8 Å². The van der Waals surface area contributed by atoms with Crippen molar-refractivity contribution >= 4 is 5.69 Å². The molecule has 1 aliphatic carbocycles. The zero-order valence-electron chi connectivity index (χ0n) is 12.4. The lowest BCUT2D eigenvalue weighted by Crippen LogP contribution is -2.22. The Bertz CT molecular complexity index is 429. The third-order valence-electron chi connectivity index (χ3n) is 5.08. The van der Waals surface area contributed by atoms with E-state index in [1.807, 2.05) is 0 Å². The maximum Gasteiger partial charge on any atom is 0.0374 e. The summed E-state index contributed by atoms with van der Waals surface area (Å²) in [7, 11) is 0. The van der Waals surface area contributed by atoms with Crippen LogP contribution < -0.4 is 5.32 Å². The second kappa shape index (κ2) is 5.56. The van der Waals surface area contributed by atoms with E-state index in [1.165, 1.54) is 50.6 Å². The van der Waals surface area contributed by atoms with E-state index in [0.29, 0.717) is 6.04 Å². The van der Waals surface area contributed by atoms with Gasteiger partial charge in [-0.1, -0.05) is 31.9 Å². The number of anilines is 1. The van der Waals surface area contributed by atoms with Gasteiger partial charge in [-0.2, -0.15) is 0 Å². The summed E-state index contributed by atoms with van der Waals surface area (Å²) in [6.07, 6.45) is 9.58. The molecule has 1 nitrogen and oxygen atoms in total. The molecule has 0 aromatic heterocycles. The molecule has 2 aliphatic rings. The molecule has 1 heteroatoms. The molecule has 1 unspecified atom stereocenters. The first kappa shape index (κ1) is 13.0. The van der Waals surface area contributed by atoms with Crippen molar-refractivity contribution in [3.63, 3.8) is 0 Å². The minimum Gasteiger partial charge on any atom is -0.382 e. The molecule has 1 aliphatic heterocycles. The summed E-state index contributed by atoms with van der Waals surface area (Å²) in [4.78, 5) is 0. The van der Waals surface area contributed by atoms with E-state index in [2.05, 4.69) is 37.4 Å². The zero-order valence-corrected chi connectivity index (χ0v) is 12.4. The fraction of sp³-hybridized carbons (Fsp3) is 0.667. The standard InChI is InChI=1S/C18H27N/c1-13-3-6-15(7-4-13)11-16-8-10-18-17(12-16)9-5-14(2)19-18/h8,10,12-15,19H,3-7,9,11H2,1-2H3. The normalized spacial score (nSPS) is 30.5. The first-order chi connectivity index (χ1) is 9.20. The highest BCUT2D eigenvalue weighted by molar-refractivity contribution is 5.55. The van der Waals surface area contributed by atoms with Crippen molar-refractivity contribution in [2.45, 2.75) is 64.8 Å². The van der Waals surface area contributed by atoms with E-state index in [4.69, 9.17) is 0 Å². The highest BCUT2D eigenvalue weighted by atomic mass is 14.9. The molecule has 0 spiro atoms. The monoisotopic (exact) mass is 257 g/mol. The van der Waals surface area contributed by atoms with Crippen molar-refractivity contribution in [1.29, 1.82) is 0 Å². The Labute approximate surface area is 117 Å². The lowest BCUT2D eigenvalue weighted by Gasteiger charge is -2.27. The van der Waals surface area contributed by atoms with E-state index < -0.39 is 0 Å². The predicted octanol–water partition coefficient (Wildman–Crippen LogP) is 4.80. The van der Waals surface area contributed by atoms with Crippen LogP contribution >= 0.6 is 0 Å². The van der Waals surface area contributed by atoms with Crippen LogP contribution in [0, 0.1) is 11.8 Å². The number of fused-ring (bicyclic) bond motifs is 1. The predicted molar refractivity (Wildman–Crippen MR) is 82.7 cm³/mol. The molecule has 1 atom stereocenters. The van der Waals surface area contributed by atoms with Gasteiger partial charge in [-0.05, 0) is 68.1 Å². The van der Waals surface area contributed by atoms with Crippen molar-refractivity contribution in [3.05, 3.63) is 29.3 Å². The average molecular weight is 257 g/mol. The number of rotatable bonds is 2. The lowest BCUT2D eigenvalue weighted by atomic mass is 9.80.